The fraction of sp³-hybridized carbons (Fsp3) is 0.0667. The lowest BCUT2D eigenvalue weighted by Crippen LogP contribution is -1.66. The van der Waals surface area contributed by atoms with E-state index in [2.05, 4.69) is 52.3 Å². The van der Waals surface area contributed by atoms with Crippen LogP contribution < -0.4 is 0 Å². The van der Waals surface area contributed by atoms with Crippen LogP contribution in [-0.4, -0.2) is 20.4 Å². The molecule has 0 aliphatic carbocycles. The molecule has 4 aromatic rings. The number of nitrogens with zero attached hydrogens (tertiary/aromatic N) is 2. The molecule has 2 aromatic heterocycles. The van der Waals surface area contributed by atoms with Crippen LogP contribution in [0.3, 0.4) is 0 Å². The highest BCUT2D eigenvalue weighted by atomic mass is 79.9. The monoisotopic (exact) mass is 408 g/mol. The predicted octanol–water partition coefficient (Wildman–Crippen LogP) is 5.29. The quantitative estimate of drug-likeness (QED) is 0.414. The number of benzene rings is 2. The van der Waals surface area contributed by atoms with Gasteiger partial charge in [0.15, 0.2) is 0 Å². The van der Waals surface area contributed by atoms with Gasteiger partial charge in [0.25, 0.3) is 0 Å². The molecule has 0 saturated carbocycles. The van der Waals surface area contributed by atoms with E-state index in [9.17, 15) is 0 Å². The van der Waals surface area contributed by atoms with E-state index in [-0.39, 0.29) is 7.43 Å². The molecule has 2 heterocycles. The van der Waals surface area contributed by atoms with Gasteiger partial charge in [0.1, 0.15) is 0 Å². The zero-order valence-corrected chi connectivity index (χ0v) is 13.4. The molecular formula is C15H14Br2N4. The molecule has 0 spiro atoms. The van der Waals surface area contributed by atoms with Crippen LogP contribution in [0.4, 0.5) is 0 Å². The third-order valence-electron chi connectivity index (χ3n) is 2.80. The second-order valence-electron chi connectivity index (χ2n) is 4.20. The fourth-order valence-electron chi connectivity index (χ4n) is 1.83. The average Bonchev–Trinajstić information content (AvgIpc) is 3.06. The maximum Gasteiger partial charge on any atom is 0.0651 e. The van der Waals surface area contributed by atoms with E-state index in [1.54, 1.807) is 12.4 Å². The number of hydrogen-bond acceptors (Lipinski definition) is 2. The Labute approximate surface area is 139 Å². The van der Waals surface area contributed by atoms with Gasteiger partial charge in [0.2, 0.25) is 0 Å². The van der Waals surface area contributed by atoms with Crippen LogP contribution in [0.1, 0.15) is 7.43 Å². The molecular weight excluding hydrogens is 396 g/mol. The molecule has 0 atom stereocenters. The summed E-state index contributed by atoms with van der Waals surface area (Å²) in [4.78, 5) is 0. The van der Waals surface area contributed by atoms with Crippen molar-refractivity contribution in [1.82, 2.24) is 20.4 Å². The van der Waals surface area contributed by atoms with Gasteiger partial charge in [0.05, 0.1) is 23.4 Å². The van der Waals surface area contributed by atoms with Gasteiger partial charge in [-0.15, -0.1) is 0 Å². The molecule has 2 aromatic carbocycles. The van der Waals surface area contributed by atoms with E-state index in [4.69, 9.17) is 0 Å². The third kappa shape index (κ3) is 3.71. The molecule has 0 aliphatic rings. The molecule has 21 heavy (non-hydrogen) atoms. The van der Waals surface area contributed by atoms with E-state index in [0.29, 0.717) is 0 Å². The van der Waals surface area contributed by atoms with Crippen molar-refractivity contribution in [3.8, 4) is 0 Å². The highest BCUT2D eigenvalue weighted by Gasteiger charge is 1.94. The minimum absolute atomic E-state index is 0. The Morgan fingerprint density at radius 3 is 1.57 bits per heavy atom. The van der Waals surface area contributed by atoms with Gasteiger partial charge in [-0.3, -0.25) is 10.2 Å². The number of aromatic amines is 2. The van der Waals surface area contributed by atoms with Gasteiger partial charge in [-0.05, 0) is 36.4 Å². The summed E-state index contributed by atoms with van der Waals surface area (Å²) in [7, 11) is 0. The Bertz CT molecular complexity index is 779. The van der Waals surface area contributed by atoms with Crippen molar-refractivity contribution in [3.63, 3.8) is 0 Å². The van der Waals surface area contributed by atoms with Gasteiger partial charge < -0.3 is 0 Å². The fourth-order valence-corrected chi connectivity index (χ4v) is 2.58. The van der Waals surface area contributed by atoms with Gasteiger partial charge in [-0.2, -0.15) is 10.2 Å². The van der Waals surface area contributed by atoms with Crippen LogP contribution in [-0.2, 0) is 0 Å². The van der Waals surface area contributed by atoms with Gasteiger partial charge in [-0.25, -0.2) is 0 Å². The van der Waals surface area contributed by atoms with Crippen molar-refractivity contribution in [2.75, 3.05) is 0 Å². The van der Waals surface area contributed by atoms with E-state index in [1.807, 2.05) is 36.4 Å². The van der Waals surface area contributed by atoms with Crippen LogP contribution in [0.15, 0.2) is 57.7 Å². The van der Waals surface area contributed by atoms with Gasteiger partial charge >= 0.3 is 0 Å². The third-order valence-corrected chi connectivity index (χ3v) is 3.79. The molecule has 0 radical (unpaired) electrons. The number of hydrogen-bond donors (Lipinski definition) is 2. The molecule has 0 unspecified atom stereocenters. The number of aromatic nitrogens is 4. The van der Waals surface area contributed by atoms with Crippen molar-refractivity contribution in [2.24, 2.45) is 0 Å². The first-order valence-electron chi connectivity index (χ1n) is 5.89. The first-order valence-corrected chi connectivity index (χ1v) is 7.48. The SMILES string of the molecule is Brc1ccc2[nH]ncc2c1.Brc1ccc2[nH]ncc2c1.C. The zero-order chi connectivity index (χ0) is 13.9. The molecule has 0 bridgehead atoms. The maximum atomic E-state index is 3.90. The first kappa shape index (κ1) is 15.7. The number of fused-ring (bicyclic) bond motifs is 2. The van der Waals surface area contributed by atoms with Crippen LogP contribution >= 0.6 is 31.9 Å². The van der Waals surface area contributed by atoms with Crippen LogP contribution in [0, 0.1) is 0 Å². The van der Waals surface area contributed by atoms with Gasteiger partial charge in [-0.1, -0.05) is 39.3 Å². The van der Waals surface area contributed by atoms with E-state index in [1.165, 1.54) is 0 Å². The van der Waals surface area contributed by atoms with E-state index < -0.39 is 0 Å². The summed E-state index contributed by atoms with van der Waals surface area (Å²) >= 11 is 6.75. The summed E-state index contributed by atoms with van der Waals surface area (Å²) < 4.78 is 2.17. The van der Waals surface area contributed by atoms with Crippen LogP contribution in [0.2, 0.25) is 0 Å². The van der Waals surface area contributed by atoms with Crippen molar-refractivity contribution in [2.45, 2.75) is 7.43 Å². The number of rotatable bonds is 0. The minimum atomic E-state index is 0. The van der Waals surface area contributed by atoms with Crippen molar-refractivity contribution >= 4 is 53.7 Å². The Morgan fingerprint density at radius 2 is 1.14 bits per heavy atom. The minimum Gasteiger partial charge on any atom is -0.278 e. The predicted molar refractivity (Wildman–Crippen MR) is 94.3 cm³/mol. The Kier molecular flexibility index (Phi) is 5.14. The lowest BCUT2D eigenvalue weighted by Gasteiger charge is -1.87. The standard InChI is InChI=1S/2C7H5BrN2.CH4/c2*8-6-1-2-7-5(3-6)4-9-10-7;/h2*1-4H,(H,9,10);1H4. The lowest BCUT2D eigenvalue weighted by atomic mass is 10.3. The largest absolute Gasteiger partial charge is 0.278 e. The molecule has 6 heteroatoms. The lowest BCUT2D eigenvalue weighted by molar-refractivity contribution is 1.12. The summed E-state index contributed by atoms with van der Waals surface area (Å²) in [5, 5.41) is 15.8. The molecule has 0 amide bonds. The summed E-state index contributed by atoms with van der Waals surface area (Å²) in [6.07, 6.45) is 3.61. The van der Waals surface area contributed by atoms with Crippen molar-refractivity contribution in [1.29, 1.82) is 0 Å². The second kappa shape index (κ2) is 6.87. The van der Waals surface area contributed by atoms with Gasteiger partial charge in [0, 0.05) is 19.7 Å². The number of halogens is 2. The summed E-state index contributed by atoms with van der Waals surface area (Å²) in [5.41, 5.74) is 2.14. The molecule has 2 N–H and O–H groups in total. The van der Waals surface area contributed by atoms with Crippen LogP contribution in [0.25, 0.3) is 21.8 Å². The average molecular weight is 410 g/mol. The maximum absolute atomic E-state index is 3.90. The summed E-state index contributed by atoms with van der Waals surface area (Å²) in [6.45, 7) is 0. The smallest absolute Gasteiger partial charge is 0.0651 e. The second-order valence-corrected chi connectivity index (χ2v) is 6.03. The van der Waals surface area contributed by atoms with Crippen molar-refractivity contribution in [3.05, 3.63) is 57.7 Å². The Balaban J connectivity index is 0.000000147. The van der Waals surface area contributed by atoms with Crippen LogP contribution in [0.5, 0.6) is 0 Å². The molecule has 0 fully saturated rings. The first-order chi connectivity index (χ1) is 9.72. The van der Waals surface area contributed by atoms with Crippen molar-refractivity contribution < 1.29 is 0 Å². The molecule has 108 valence electrons. The summed E-state index contributed by atoms with van der Waals surface area (Å²) in [6, 6.07) is 12.0. The Hall–Kier alpha value is -1.66. The normalized spacial score (nSPS) is 10.0. The molecule has 4 nitrogen and oxygen atoms in total. The Morgan fingerprint density at radius 1 is 0.714 bits per heavy atom. The topological polar surface area (TPSA) is 57.4 Å². The van der Waals surface area contributed by atoms with E-state index in [0.717, 1.165) is 30.8 Å². The molecule has 0 aliphatic heterocycles. The van der Waals surface area contributed by atoms with E-state index >= 15 is 0 Å². The number of nitrogens with one attached hydrogen (secondary N) is 2. The highest BCUT2D eigenvalue weighted by Crippen LogP contribution is 2.17. The highest BCUT2D eigenvalue weighted by molar-refractivity contribution is 9.10. The number of H-pyrrole nitrogens is 2. The molecule has 4 rings (SSSR count). The zero-order valence-electron chi connectivity index (χ0n) is 10.3. The summed E-state index contributed by atoms with van der Waals surface area (Å²) in [5.74, 6) is 0. The molecule has 0 saturated heterocycles.